The predicted octanol–water partition coefficient (Wildman–Crippen LogP) is 4.04. The van der Waals surface area contributed by atoms with Crippen molar-refractivity contribution in [3.05, 3.63) is 53.6 Å². The standard InChI is InChI=1S/C23H26N2O4/c1-16(2)29-20-8-9-21(17(14-20)15-24)25-22(26)23(10-12-28-13-11-23)18-4-6-19(27-3)7-5-18/h4-9,14,16H,10-13H2,1-3H3,(H,25,26). The van der Waals surface area contributed by atoms with E-state index < -0.39 is 5.41 Å². The molecule has 0 saturated carbocycles. The van der Waals surface area contributed by atoms with Gasteiger partial charge in [0, 0.05) is 19.3 Å². The van der Waals surface area contributed by atoms with E-state index in [9.17, 15) is 10.1 Å². The number of hydrogen-bond donors (Lipinski definition) is 1. The third-order valence-corrected chi connectivity index (χ3v) is 5.16. The molecule has 1 saturated heterocycles. The molecule has 1 fully saturated rings. The zero-order valence-electron chi connectivity index (χ0n) is 17.0. The fourth-order valence-electron chi connectivity index (χ4n) is 3.59. The topological polar surface area (TPSA) is 80.6 Å². The van der Waals surface area contributed by atoms with Gasteiger partial charge in [-0.3, -0.25) is 4.79 Å². The normalized spacial score (nSPS) is 15.4. The molecule has 0 aliphatic carbocycles. The average Bonchev–Trinajstić information content (AvgIpc) is 2.74. The molecule has 1 aliphatic rings. The van der Waals surface area contributed by atoms with Crippen LogP contribution in [0.4, 0.5) is 5.69 Å². The Morgan fingerprint density at radius 2 is 1.79 bits per heavy atom. The van der Waals surface area contributed by atoms with Gasteiger partial charge in [-0.15, -0.1) is 0 Å². The Labute approximate surface area is 171 Å². The van der Waals surface area contributed by atoms with Crippen LogP contribution < -0.4 is 14.8 Å². The molecule has 0 bridgehead atoms. The molecule has 0 aromatic heterocycles. The predicted molar refractivity (Wildman–Crippen MR) is 110 cm³/mol. The van der Waals surface area contributed by atoms with Crippen molar-refractivity contribution < 1.29 is 19.0 Å². The van der Waals surface area contributed by atoms with E-state index in [4.69, 9.17) is 14.2 Å². The molecule has 152 valence electrons. The van der Waals surface area contributed by atoms with Gasteiger partial charge in [0.2, 0.25) is 5.91 Å². The molecule has 1 aliphatic heterocycles. The number of methoxy groups -OCH3 is 1. The van der Waals surface area contributed by atoms with Gasteiger partial charge in [-0.2, -0.15) is 5.26 Å². The average molecular weight is 394 g/mol. The van der Waals surface area contributed by atoms with E-state index >= 15 is 0 Å². The van der Waals surface area contributed by atoms with Crippen LogP contribution in [0.3, 0.4) is 0 Å². The minimum Gasteiger partial charge on any atom is -0.497 e. The van der Waals surface area contributed by atoms with Crippen molar-refractivity contribution in [2.45, 2.75) is 38.2 Å². The first-order chi connectivity index (χ1) is 14.0. The van der Waals surface area contributed by atoms with Crippen molar-refractivity contribution in [3.8, 4) is 17.6 Å². The molecule has 2 aromatic carbocycles. The Balaban J connectivity index is 1.90. The highest BCUT2D eigenvalue weighted by Gasteiger charge is 2.42. The van der Waals surface area contributed by atoms with Crippen LogP contribution in [0.25, 0.3) is 0 Å². The number of carbonyl (C=O) groups is 1. The van der Waals surface area contributed by atoms with Gasteiger partial charge >= 0.3 is 0 Å². The van der Waals surface area contributed by atoms with E-state index in [0.717, 1.165) is 11.3 Å². The van der Waals surface area contributed by atoms with E-state index in [1.807, 2.05) is 38.1 Å². The lowest BCUT2D eigenvalue weighted by atomic mass is 9.73. The number of rotatable bonds is 6. The molecule has 29 heavy (non-hydrogen) atoms. The van der Waals surface area contributed by atoms with Crippen molar-refractivity contribution in [1.29, 1.82) is 5.26 Å². The van der Waals surface area contributed by atoms with Crippen molar-refractivity contribution in [2.24, 2.45) is 0 Å². The number of benzene rings is 2. The minimum atomic E-state index is -0.718. The zero-order valence-corrected chi connectivity index (χ0v) is 17.0. The van der Waals surface area contributed by atoms with Crippen molar-refractivity contribution in [3.63, 3.8) is 0 Å². The summed E-state index contributed by atoms with van der Waals surface area (Å²) in [5, 5.41) is 12.5. The number of amides is 1. The Morgan fingerprint density at radius 3 is 2.38 bits per heavy atom. The van der Waals surface area contributed by atoms with E-state index in [-0.39, 0.29) is 12.0 Å². The summed E-state index contributed by atoms with van der Waals surface area (Å²) in [5.74, 6) is 1.20. The smallest absolute Gasteiger partial charge is 0.235 e. The number of carbonyl (C=O) groups excluding carboxylic acids is 1. The Hall–Kier alpha value is -3.04. The van der Waals surface area contributed by atoms with Gasteiger partial charge in [0.1, 0.15) is 17.6 Å². The van der Waals surface area contributed by atoms with Gasteiger partial charge in [0.15, 0.2) is 0 Å². The van der Waals surface area contributed by atoms with Gasteiger partial charge in [-0.05, 0) is 56.5 Å². The second-order valence-corrected chi connectivity index (χ2v) is 7.36. The third-order valence-electron chi connectivity index (χ3n) is 5.16. The molecular formula is C23H26N2O4. The van der Waals surface area contributed by atoms with Gasteiger partial charge in [-0.25, -0.2) is 0 Å². The van der Waals surface area contributed by atoms with Crippen LogP contribution in [0, 0.1) is 11.3 Å². The van der Waals surface area contributed by atoms with Gasteiger partial charge in [0.25, 0.3) is 0 Å². The number of anilines is 1. The summed E-state index contributed by atoms with van der Waals surface area (Å²) in [7, 11) is 1.61. The highest BCUT2D eigenvalue weighted by atomic mass is 16.5. The number of hydrogen-bond acceptors (Lipinski definition) is 5. The summed E-state index contributed by atoms with van der Waals surface area (Å²) < 4.78 is 16.4. The van der Waals surface area contributed by atoms with Crippen LogP contribution >= 0.6 is 0 Å². The van der Waals surface area contributed by atoms with Gasteiger partial charge in [0.05, 0.1) is 29.9 Å². The molecule has 6 nitrogen and oxygen atoms in total. The summed E-state index contributed by atoms with van der Waals surface area (Å²) in [6.45, 7) is 4.86. The minimum absolute atomic E-state index is 0.00237. The summed E-state index contributed by atoms with van der Waals surface area (Å²) in [6.07, 6.45) is 1.14. The summed E-state index contributed by atoms with van der Waals surface area (Å²) >= 11 is 0. The first kappa shape index (κ1) is 20.7. The quantitative estimate of drug-likeness (QED) is 0.800. The van der Waals surface area contributed by atoms with Crippen LogP contribution in [0.5, 0.6) is 11.5 Å². The van der Waals surface area contributed by atoms with Crippen molar-refractivity contribution >= 4 is 11.6 Å². The number of nitrogens with zero attached hydrogens (tertiary/aromatic N) is 1. The summed E-state index contributed by atoms with van der Waals surface area (Å²) in [5.41, 5.74) is 1.04. The van der Waals surface area contributed by atoms with E-state index in [2.05, 4.69) is 11.4 Å². The number of nitrogens with one attached hydrogen (secondary N) is 1. The van der Waals surface area contributed by atoms with Crippen LogP contribution in [-0.2, 0) is 14.9 Å². The van der Waals surface area contributed by atoms with Crippen LogP contribution in [0.15, 0.2) is 42.5 Å². The number of ether oxygens (including phenoxy) is 3. The molecular weight excluding hydrogens is 368 g/mol. The lowest BCUT2D eigenvalue weighted by molar-refractivity contribution is -0.125. The fourth-order valence-corrected chi connectivity index (χ4v) is 3.59. The largest absolute Gasteiger partial charge is 0.497 e. The third kappa shape index (κ3) is 4.52. The highest BCUT2D eigenvalue weighted by molar-refractivity contribution is 6.00. The second-order valence-electron chi connectivity index (χ2n) is 7.36. The Bertz CT molecular complexity index is 894. The van der Waals surface area contributed by atoms with E-state index in [0.29, 0.717) is 43.1 Å². The van der Waals surface area contributed by atoms with Gasteiger partial charge < -0.3 is 19.5 Å². The SMILES string of the molecule is COc1ccc(C2(C(=O)Nc3ccc(OC(C)C)cc3C#N)CCOCC2)cc1. The molecule has 1 N–H and O–H groups in total. The molecule has 0 radical (unpaired) electrons. The summed E-state index contributed by atoms with van der Waals surface area (Å²) in [4.78, 5) is 13.4. The number of nitriles is 1. The van der Waals surface area contributed by atoms with Crippen molar-refractivity contribution in [2.75, 3.05) is 25.6 Å². The van der Waals surface area contributed by atoms with Crippen molar-refractivity contribution in [1.82, 2.24) is 0 Å². The molecule has 6 heteroatoms. The molecule has 3 rings (SSSR count). The molecule has 1 amide bonds. The van der Waals surface area contributed by atoms with Crippen LogP contribution in [0.1, 0.15) is 37.8 Å². The molecule has 2 aromatic rings. The zero-order chi connectivity index (χ0) is 20.9. The lowest BCUT2D eigenvalue weighted by Gasteiger charge is -2.36. The second kappa shape index (κ2) is 8.97. The maximum Gasteiger partial charge on any atom is 0.235 e. The molecule has 0 atom stereocenters. The first-order valence-corrected chi connectivity index (χ1v) is 9.73. The van der Waals surface area contributed by atoms with Crippen LogP contribution in [-0.4, -0.2) is 32.3 Å². The Kier molecular flexibility index (Phi) is 6.40. The monoisotopic (exact) mass is 394 g/mol. The summed E-state index contributed by atoms with van der Waals surface area (Å²) in [6, 6.07) is 14.9. The van der Waals surface area contributed by atoms with E-state index in [1.54, 1.807) is 25.3 Å². The maximum atomic E-state index is 13.4. The first-order valence-electron chi connectivity index (χ1n) is 9.73. The maximum absolute atomic E-state index is 13.4. The molecule has 0 spiro atoms. The van der Waals surface area contributed by atoms with E-state index in [1.165, 1.54) is 0 Å². The molecule has 1 heterocycles. The fraction of sp³-hybridized carbons (Fsp3) is 0.391. The lowest BCUT2D eigenvalue weighted by Crippen LogP contribution is -2.45. The van der Waals surface area contributed by atoms with Crippen LogP contribution in [0.2, 0.25) is 0 Å². The highest BCUT2D eigenvalue weighted by Crippen LogP contribution is 2.37. The van der Waals surface area contributed by atoms with Gasteiger partial charge in [-0.1, -0.05) is 12.1 Å². The Morgan fingerprint density at radius 1 is 1.14 bits per heavy atom. The molecule has 0 unspecified atom stereocenters.